The molecule has 0 bridgehead atoms. The van der Waals surface area contributed by atoms with Crippen LogP contribution in [0.2, 0.25) is 0 Å². The molecule has 0 radical (unpaired) electrons. The van der Waals surface area contributed by atoms with Gasteiger partial charge in [0.15, 0.2) is 0 Å². The Morgan fingerprint density at radius 1 is 1.04 bits per heavy atom. The molecule has 4 atom stereocenters. The molecule has 0 saturated heterocycles. The van der Waals surface area contributed by atoms with E-state index in [9.17, 15) is 29.1 Å². The third-order valence-corrected chi connectivity index (χ3v) is 3.09. The maximum atomic E-state index is 12.1. The Morgan fingerprint density at radius 2 is 1.60 bits per heavy atom. The van der Waals surface area contributed by atoms with Crippen LogP contribution in [0.5, 0.6) is 0 Å². The van der Waals surface area contributed by atoms with E-state index in [1.54, 1.807) is 0 Å². The van der Waals surface area contributed by atoms with Crippen LogP contribution in [0.25, 0.3) is 0 Å². The average Bonchev–Trinajstić information content (AvgIpc) is 2.47. The first-order chi connectivity index (χ1) is 11.5. The van der Waals surface area contributed by atoms with Crippen molar-refractivity contribution in [2.75, 3.05) is 0 Å². The number of rotatable bonds is 11. The van der Waals surface area contributed by atoms with Gasteiger partial charge in [-0.3, -0.25) is 19.2 Å². The van der Waals surface area contributed by atoms with Gasteiger partial charge in [0.1, 0.15) is 12.1 Å². The molecule has 4 unspecified atom stereocenters. The smallest absolute Gasteiger partial charge is 0.326 e. The van der Waals surface area contributed by atoms with Crippen molar-refractivity contribution in [3.8, 4) is 0 Å². The molecule has 0 aromatic rings. The summed E-state index contributed by atoms with van der Waals surface area (Å²) in [5.41, 5.74) is 10.4. The van der Waals surface area contributed by atoms with Gasteiger partial charge in [-0.2, -0.15) is 0 Å². The number of nitrogens with one attached hydrogen (secondary N) is 2. The van der Waals surface area contributed by atoms with E-state index in [1.807, 2.05) is 5.32 Å². The molecule has 0 aliphatic carbocycles. The number of aliphatic carboxylic acids is 2. The Morgan fingerprint density at radius 3 is 2.00 bits per heavy atom. The zero-order valence-corrected chi connectivity index (χ0v) is 13.5. The topological polar surface area (TPSA) is 222 Å². The minimum atomic E-state index is -1.64. The molecule has 0 aliphatic rings. The van der Waals surface area contributed by atoms with Crippen LogP contribution in [-0.2, 0) is 24.0 Å². The minimum Gasteiger partial charge on any atom is -0.481 e. The quantitative estimate of drug-likeness (QED) is 0.193. The van der Waals surface area contributed by atoms with Gasteiger partial charge < -0.3 is 37.4 Å². The zero-order chi connectivity index (χ0) is 19.7. The van der Waals surface area contributed by atoms with Crippen molar-refractivity contribution in [3.63, 3.8) is 0 Å². The first-order valence-corrected chi connectivity index (χ1v) is 7.23. The number of aliphatic hydroxyl groups excluding tert-OH is 1. The Hall–Kier alpha value is -2.73. The van der Waals surface area contributed by atoms with Crippen LogP contribution >= 0.6 is 0 Å². The molecule has 0 aromatic heterocycles. The lowest BCUT2D eigenvalue weighted by Gasteiger charge is -2.24. The largest absolute Gasteiger partial charge is 0.481 e. The van der Waals surface area contributed by atoms with Gasteiger partial charge in [-0.25, -0.2) is 4.79 Å². The highest BCUT2D eigenvalue weighted by molar-refractivity contribution is 5.93. The lowest BCUT2D eigenvalue weighted by Crippen LogP contribution is -2.58. The standard InChI is InChI=1S/C13H22N4O8/c1-5(18)10(17-11(22)6(14)2-3-9(20)21)12(23)16-7(13(24)25)4-8(15)19/h5-7,10,18H,2-4,14H2,1H3,(H2,15,19)(H,16,23)(H,17,22)(H,20,21)(H,24,25). The van der Waals surface area contributed by atoms with E-state index in [1.165, 1.54) is 0 Å². The SMILES string of the molecule is CC(O)C(NC(=O)C(N)CCC(=O)O)C(=O)NC(CC(N)=O)C(=O)O. The molecule has 12 heteroatoms. The van der Waals surface area contributed by atoms with E-state index in [-0.39, 0.29) is 12.8 Å². The average molecular weight is 362 g/mol. The minimum absolute atomic E-state index is 0.200. The van der Waals surface area contributed by atoms with Crippen molar-refractivity contribution < 1.29 is 39.3 Å². The van der Waals surface area contributed by atoms with Crippen molar-refractivity contribution in [1.82, 2.24) is 10.6 Å². The van der Waals surface area contributed by atoms with Gasteiger partial charge in [0, 0.05) is 6.42 Å². The maximum Gasteiger partial charge on any atom is 0.326 e. The molecule has 0 saturated carbocycles. The van der Waals surface area contributed by atoms with Crippen LogP contribution < -0.4 is 22.1 Å². The predicted octanol–water partition coefficient (Wildman–Crippen LogP) is -3.51. The Balaban J connectivity index is 4.94. The van der Waals surface area contributed by atoms with Gasteiger partial charge >= 0.3 is 11.9 Å². The molecule has 25 heavy (non-hydrogen) atoms. The van der Waals surface area contributed by atoms with Crippen LogP contribution in [0, 0.1) is 0 Å². The third kappa shape index (κ3) is 8.62. The summed E-state index contributed by atoms with van der Waals surface area (Å²) in [5, 5.41) is 31.2. The van der Waals surface area contributed by atoms with Gasteiger partial charge in [0.25, 0.3) is 0 Å². The molecule has 12 nitrogen and oxygen atoms in total. The number of aliphatic hydroxyl groups is 1. The Bertz CT molecular complexity index is 536. The highest BCUT2D eigenvalue weighted by Crippen LogP contribution is 2.01. The number of hydrogen-bond acceptors (Lipinski definition) is 7. The Labute approximate surface area is 142 Å². The van der Waals surface area contributed by atoms with Crippen LogP contribution in [0.1, 0.15) is 26.2 Å². The van der Waals surface area contributed by atoms with Crippen LogP contribution in [0.3, 0.4) is 0 Å². The molecule has 0 aromatic carbocycles. The number of carbonyl (C=O) groups excluding carboxylic acids is 3. The third-order valence-electron chi connectivity index (χ3n) is 3.09. The van der Waals surface area contributed by atoms with E-state index in [4.69, 9.17) is 21.7 Å². The molecule has 0 fully saturated rings. The molecule has 0 rings (SSSR count). The number of carboxylic acid groups (broad SMARTS) is 2. The fourth-order valence-corrected chi connectivity index (χ4v) is 1.74. The molecular formula is C13H22N4O8. The summed E-state index contributed by atoms with van der Waals surface area (Å²) >= 11 is 0. The van der Waals surface area contributed by atoms with Crippen molar-refractivity contribution in [3.05, 3.63) is 0 Å². The summed E-state index contributed by atoms with van der Waals surface area (Å²) < 4.78 is 0. The van der Waals surface area contributed by atoms with Crippen LogP contribution in [0.4, 0.5) is 0 Å². The first kappa shape index (κ1) is 22.3. The number of nitrogens with two attached hydrogens (primary N) is 2. The number of carbonyl (C=O) groups is 5. The van der Waals surface area contributed by atoms with Gasteiger partial charge in [-0.1, -0.05) is 0 Å². The number of primary amides is 1. The lowest BCUT2D eigenvalue weighted by atomic mass is 10.1. The summed E-state index contributed by atoms with van der Waals surface area (Å²) in [6.45, 7) is 1.16. The van der Waals surface area contributed by atoms with Gasteiger partial charge in [0.2, 0.25) is 17.7 Å². The first-order valence-electron chi connectivity index (χ1n) is 7.23. The fourth-order valence-electron chi connectivity index (χ4n) is 1.74. The van der Waals surface area contributed by atoms with Crippen molar-refractivity contribution in [2.24, 2.45) is 11.5 Å². The molecule has 0 spiro atoms. The summed E-state index contributed by atoms with van der Waals surface area (Å²) in [6, 6.07) is -4.44. The molecular weight excluding hydrogens is 340 g/mol. The van der Waals surface area contributed by atoms with E-state index < -0.39 is 60.3 Å². The lowest BCUT2D eigenvalue weighted by molar-refractivity contribution is -0.144. The van der Waals surface area contributed by atoms with E-state index >= 15 is 0 Å². The summed E-state index contributed by atoms with van der Waals surface area (Å²) in [6.07, 6.45) is -2.67. The Kier molecular flexibility index (Phi) is 9.09. The van der Waals surface area contributed by atoms with Gasteiger partial charge in [0.05, 0.1) is 18.6 Å². The van der Waals surface area contributed by atoms with Crippen molar-refractivity contribution in [1.29, 1.82) is 0 Å². The van der Waals surface area contributed by atoms with Gasteiger partial charge in [-0.15, -0.1) is 0 Å². The van der Waals surface area contributed by atoms with Crippen LogP contribution in [0.15, 0.2) is 0 Å². The number of hydrogen-bond donors (Lipinski definition) is 7. The monoisotopic (exact) mass is 362 g/mol. The normalized spacial score (nSPS) is 15.3. The zero-order valence-electron chi connectivity index (χ0n) is 13.5. The maximum absolute atomic E-state index is 12.1. The second kappa shape index (κ2) is 10.2. The number of carboxylic acids is 2. The van der Waals surface area contributed by atoms with Crippen molar-refractivity contribution >= 4 is 29.7 Å². The predicted molar refractivity (Wildman–Crippen MR) is 81.8 cm³/mol. The van der Waals surface area contributed by atoms with E-state index in [0.717, 1.165) is 6.92 Å². The number of amides is 3. The molecule has 3 amide bonds. The van der Waals surface area contributed by atoms with Crippen molar-refractivity contribution in [2.45, 2.75) is 50.4 Å². The summed E-state index contributed by atoms with van der Waals surface area (Å²) in [4.78, 5) is 56.2. The fraction of sp³-hybridized carbons (Fsp3) is 0.615. The van der Waals surface area contributed by atoms with Gasteiger partial charge in [-0.05, 0) is 13.3 Å². The van der Waals surface area contributed by atoms with E-state index in [0.29, 0.717) is 0 Å². The summed E-state index contributed by atoms with van der Waals surface area (Å²) in [5.74, 6) is -5.63. The molecule has 142 valence electrons. The van der Waals surface area contributed by atoms with E-state index in [2.05, 4.69) is 5.32 Å². The van der Waals surface area contributed by atoms with Crippen LogP contribution in [-0.4, -0.2) is 69.2 Å². The molecule has 9 N–H and O–H groups in total. The second-order valence-electron chi connectivity index (χ2n) is 5.34. The highest BCUT2D eigenvalue weighted by atomic mass is 16.4. The summed E-state index contributed by atoms with van der Waals surface area (Å²) in [7, 11) is 0. The molecule has 0 aliphatic heterocycles. The second-order valence-corrected chi connectivity index (χ2v) is 5.34. The highest BCUT2D eigenvalue weighted by Gasteiger charge is 2.31. The molecule has 0 heterocycles.